The molecule has 0 N–H and O–H groups in total. The number of benzene rings is 2. The lowest BCUT2D eigenvalue weighted by Crippen LogP contribution is -2.06. The van der Waals surface area contributed by atoms with Crippen molar-refractivity contribution >= 4 is 20.9 Å². The van der Waals surface area contributed by atoms with E-state index < -0.39 is 10.1 Å². The number of hydrogen-bond acceptors (Lipinski definition) is 3. The van der Waals surface area contributed by atoms with Gasteiger partial charge in [0.25, 0.3) is 10.1 Å². The maximum absolute atomic E-state index is 11.9. The number of fused-ring (bicyclic) bond motifs is 1. The van der Waals surface area contributed by atoms with Crippen LogP contribution in [-0.2, 0) is 14.3 Å². The summed E-state index contributed by atoms with van der Waals surface area (Å²) in [5.41, 5.74) is 0. The monoisotopic (exact) mass is 248 g/mol. The fraction of sp³-hybridized carbons (Fsp3) is 0.0769. The quantitative estimate of drug-likeness (QED) is 0.617. The third kappa shape index (κ3) is 2.38. The van der Waals surface area contributed by atoms with Gasteiger partial charge in [-0.25, -0.2) is 0 Å². The Bertz CT molecular complexity index is 639. The second kappa shape index (κ2) is 4.69. The molecular formula is C13H12O3S. The van der Waals surface area contributed by atoms with Crippen molar-refractivity contribution in [3.05, 3.63) is 55.1 Å². The van der Waals surface area contributed by atoms with Gasteiger partial charge in [-0.1, -0.05) is 42.5 Å². The van der Waals surface area contributed by atoms with Crippen molar-refractivity contribution < 1.29 is 12.6 Å². The van der Waals surface area contributed by atoms with Gasteiger partial charge < -0.3 is 0 Å². The number of hydrogen-bond donors (Lipinski definition) is 0. The van der Waals surface area contributed by atoms with Crippen molar-refractivity contribution in [2.24, 2.45) is 0 Å². The minimum atomic E-state index is -3.72. The molecule has 0 bridgehead atoms. The zero-order valence-electron chi connectivity index (χ0n) is 9.17. The van der Waals surface area contributed by atoms with Crippen LogP contribution in [0.5, 0.6) is 0 Å². The largest absolute Gasteiger partial charge is 0.297 e. The zero-order valence-corrected chi connectivity index (χ0v) is 9.98. The van der Waals surface area contributed by atoms with E-state index in [1.807, 2.05) is 18.2 Å². The van der Waals surface area contributed by atoms with Gasteiger partial charge in [-0.3, -0.25) is 4.18 Å². The highest BCUT2D eigenvalue weighted by atomic mass is 32.2. The summed E-state index contributed by atoms with van der Waals surface area (Å²) in [6, 6.07) is 12.4. The predicted octanol–water partition coefficient (Wildman–Crippen LogP) is 2.73. The molecule has 17 heavy (non-hydrogen) atoms. The smallest absolute Gasteiger partial charge is 0.262 e. The van der Waals surface area contributed by atoms with Crippen LogP contribution in [0, 0.1) is 0 Å². The minimum Gasteiger partial charge on any atom is -0.262 e. The Morgan fingerprint density at radius 2 is 1.82 bits per heavy atom. The van der Waals surface area contributed by atoms with Gasteiger partial charge in [0.1, 0.15) is 4.90 Å². The highest BCUT2D eigenvalue weighted by Gasteiger charge is 2.17. The van der Waals surface area contributed by atoms with Crippen LogP contribution < -0.4 is 0 Å². The average Bonchev–Trinajstić information content (AvgIpc) is 2.36. The Balaban J connectivity index is 2.59. The third-order valence-corrected chi connectivity index (χ3v) is 3.70. The molecule has 2 aromatic rings. The van der Waals surface area contributed by atoms with Crippen molar-refractivity contribution in [2.75, 3.05) is 6.61 Å². The zero-order chi connectivity index (χ0) is 12.3. The lowest BCUT2D eigenvalue weighted by Gasteiger charge is -2.06. The Hall–Kier alpha value is -1.65. The minimum absolute atomic E-state index is 0.0223. The maximum atomic E-state index is 11.9. The fourth-order valence-corrected chi connectivity index (χ4v) is 2.72. The molecule has 88 valence electrons. The van der Waals surface area contributed by atoms with Gasteiger partial charge in [0.2, 0.25) is 0 Å². The Morgan fingerprint density at radius 1 is 1.12 bits per heavy atom. The van der Waals surface area contributed by atoms with Gasteiger partial charge in [-0.15, -0.1) is 6.58 Å². The number of rotatable bonds is 4. The summed E-state index contributed by atoms with van der Waals surface area (Å²) in [5, 5.41) is 1.54. The highest BCUT2D eigenvalue weighted by Crippen LogP contribution is 2.24. The summed E-state index contributed by atoms with van der Waals surface area (Å²) >= 11 is 0. The van der Waals surface area contributed by atoms with Crippen LogP contribution in [-0.4, -0.2) is 15.0 Å². The Labute approximate surface area is 100 Å². The summed E-state index contributed by atoms with van der Waals surface area (Å²) in [7, 11) is -3.72. The van der Waals surface area contributed by atoms with Crippen LogP contribution >= 0.6 is 0 Å². The molecule has 0 aliphatic rings. The van der Waals surface area contributed by atoms with Gasteiger partial charge in [-0.2, -0.15) is 8.42 Å². The molecule has 0 unspecified atom stereocenters. The Morgan fingerprint density at radius 3 is 2.59 bits per heavy atom. The molecule has 0 aliphatic carbocycles. The van der Waals surface area contributed by atoms with E-state index in [1.165, 1.54) is 6.08 Å². The van der Waals surface area contributed by atoms with Crippen molar-refractivity contribution in [1.29, 1.82) is 0 Å². The second-order valence-corrected chi connectivity index (χ2v) is 5.09. The topological polar surface area (TPSA) is 43.4 Å². The summed E-state index contributed by atoms with van der Waals surface area (Å²) in [4.78, 5) is 0.192. The van der Waals surface area contributed by atoms with E-state index in [4.69, 9.17) is 4.18 Å². The lowest BCUT2D eigenvalue weighted by molar-refractivity contribution is 0.358. The molecule has 2 rings (SSSR count). The van der Waals surface area contributed by atoms with Crippen LogP contribution in [0.25, 0.3) is 10.8 Å². The highest BCUT2D eigenvalue weighted by molar-refractivity contribution is 7.87. The van der Waals surface area contributed by atoms with E-state index in [1.54, 1.807) is 24.3 Å². The standard InChI is InChI=1S/C13H12O3S/c1-2-10-16-17(14,15)13-9-5-7-11-6-3-4-8-12(11)13/h2-9H,1,10H2. The van der Waals surface area contributed by atoms with Crippen LogP contribution in [0.3, 0.4) is 0 Å². The van der Waals surface area contributed by atoms with Crippen LogP contribution in [0.1, 0.15) is 0 Å². The van der Waals surface area contributed by atoms with E-state index in [2.05, 4.69) is 6.58 Å². The molecule has 3 nitrogen and oxygen atoms in total. The fourth-order valence-electron chi connectivity index (χ4n) is 1.61. The lowest BCUT2D eigenvalue weighted by atomic mass is 10.1. The van der Waals surface area contributed by atoms with Gasteiger partial charge >= 0.3 is 0 Å². The molecule has 0 heterocycles. The first-order chi connectivity index (χ1) is 8.15. The molecule has 0 spiro atoms. The Kier molecular flexibility index (Phi) is 3.26. The molecule has 0 saturated carbocycles. The van der Waals surface area contributed by atoms with E-state index in [0.717, 1.165) is 5.39 Å². The SMILES string of the molecule is C=CCOS(=O)(=O)c1cccc2ccccc12. The second-order valence-electron chi connectivity index (χ2n) is 3.50. The van der Waals surface area contributed by atoms with Gasteiger partial charge in [0.15, 0.2) is 0 Å². The van der Waals surface area contributed by atoms with Crippen LogP contribution in [0.4, 0.5) is 0 Å². The van der Waals surface area contributed by atoms with E-state index in [-0.39, 0.29) is 11.5 Å². The van der Waals surface area contributed by atoms with Crippen molar-refractivity contribution in [2.45, 2.75) is 4.90 Å². The van der Waals surface area contributed by atoms with Gasteiger partial charge in [0.05, 0.1) is 6.61 Å². The first-order valence-electron chi connectivity index (χ1n) is 5.13. The summed E-state index contributed by atoms with van der Waals surface area (Å²) < 4.78 is 28.7. The first-order valence-corrected chi connectivity index (χ1v) is 6.54. The molecule has 0 saturated heterocycles. The predicted molar refractivity (Wildman–Crippen MR) is 67.3 cm³/mol. The molecule has 0 fully saturated rings. The first kappa shape index (κ1) is 11.8. The van der Waals surface area contributed by atoms with E-state index in [9.17, 15) is 8.42 Å². The van der Waals surface area contributed by atoms with Crippen molar-refractivity contribution in [3.8, 4) is 0 Å². The van der Waals surface area contributed by atoms with Crippen LogP contribution in [0.2, 0.25) is 0 Å². The molecule has 4 heteroatoms. The molecule has 0 aromatic heterocycles. The molecule has 0 aliphatic heterocycles. The molecule has 0 atom stereocenters. The van der Waals surface area contributed by atoms with Crippen LogP contribution in [0.15, 0.2) is 60.0 Å². The summed E-state index contributed by atoms with van der Waals surface area (Å²) in [6.45, 7) is 3.41. The van der Waals surface area contributed by atoms with Crippen molar-refractivity contribution in [3.63, 3.8) is 0 Å². The third-order valence-electron chi connectivity index (χ3n) is 2.36. The van der Waals surface area contributed by atoms with Crippen molar-refractivity contribution in [1.82, 2.24) is 0 Å². The maximum Gasteiger partial charge on any atom is 0.297 e. The molecule has 2 aromatic carbocycles. The average molecular weight is 248 g/mol. The van der Waals surface area contributed by atoms with Gasteiger partial charge in [0, 0.05) is 5.39 Å². The molecule has 0 amide bonds. The summed E-state index contributed by atoms with van der Waals surface area (Å²) in [6.07, 6.45) is 1.41. The normalized spacial score (nSPS) is 11.5. The van der Waals surface area contributed by atoms with E-state index >= 15 is 0 Å². The molecule has 0 radical (unpaired) electrons. The summed E-state index contributed by atoms with van der Waals surface area (Å²) in [5.74, 6) is 0. The van der Waals surface area contributed by atoms with E-state index in [0.29, 0.717) is 5.39 Å². The molecular weight excluding hydrogens is 236 g/mol. The van der Waals surface area contributed by atoms with Gasteiger partial charge in [-0.05, 0) is 11.5 Å².